The molecular weight excluding hydrogens is 314 g/mol. The van der Waals surface area contributed by atoms with E-state index in [2.05, 4.69) is 34.6 Å². The maximum atomic E-state index is 5.46. The van der Waals surface area contributed by atoms with Crippen LogP contribution < -0.4 is 9.64 Å². The maximum Gasteiger partial charge on any atom is 0.186 e. The number of rotatable bonds is 3. The van der Waals surface area contributed by atoms with Crippen LogP contribution in [0.25, 0.3) is 10.2 Å². The summed E-state index contributed by atoms with van der Waals surface area (Å²) in [7, 11) is 1.72. The van der Waals surface area contributed by atoms with Gasteiger partial charge in [-0.3, -0.25) is 4.90 Å². The van der Waals surface area contributed by atoms with Crippen molar-refractivity contribution in [2.75, 3.05) is 49.7 Å². The van der Waals surface area contributed by atoms with Gasteiger partial charge in [-0.25, -0.2) is 4.98 Å². The summed E-state index contributed by atoms with van der Waals surface area (Å²) >= 11 is 3.88. The minimum absolute atomic E-state index is 0.718. The first kappa shape index (κ1) is 14.6. The quantitative estimate of drug-likeness (QED) is 0.860. The highest BCUT2D eigenvalue weighted by Crippen LogP contribution is 2.38. The first-order valence-corrected chi connectivity index (χ1v) is 9.74. The first-order valence-electron chi connectivity index (χ1n) is 7.77. The highest BCUT2D eigenvalue weighted by molar-refractivity contribution is 7.99. The molecule has 0 bridgehead atoms. The van der Waals surface area contributed by atoms with Crippen molar-refractivity contribution in [2.24, 2.45) is 0 Å². The molecule has 22 heavy (non-hydrogen) atoms. The number of anilines is 1. The lowest BCUT2D eigenvalue weighted by atomic mass is 10.1. The minimum Gasteiger partial charge on any atom is -0.494 e. The number of hydrogen-bond acceptors (Lipinski definition) is 6. The number of thiazole rings is 1. The Morgan fingerprint density at radius 3 is 2.73 bits per heavy atom. The van der Waals surface area contributed by atoms with Crippen LogP contribution in [0.3, 0.4) is 0 Å². The SMILES string of the molecule is COc1ccc(C)c2sc(N3CC(N4CCSCC4)C3)nc12. The second-order valence-corrected chi connectivity index (χ2v) is 8.17. The van der Waals surface area contributed by atoms with E-state index in [0.29, 0.717) is 0 Å². The van der Waals surface area contributed by atoms with Gasteiger partial charge < -0.3 is 9.64 Å². The lowest BCUT2D eigenvalue weighted by molar-refractivity contribution is 0.183. The zero-order valence-electron chi connectivity index (χ0n) is 13.0. The molecule has 0 N–H and O–H groups in total. The van der Waals surface area contributed by atoms with E-state index in [4.69, 9.17) is 9.72 Å². The number of benzene rings is 1. The van der Waals surface area contributed by atoms with E-state index in [1.165, 1.54) is 34.9 Å². The Labute approximate surface area is 139 Å². The third kappa shape index (κ3) is 2.47. The summed E-state index contributed by atoms with van der Waals surface area (Å²) in [6, 6.07) is 4.86. The van der Waals surface area contributed by atoms with Gasteiger partial charge in [0.15, 0.2) is 5.13 Å². The number of hydrogen-bond donors (Lipinski definition) is 0. The van der Waals surface area contributed by atoms with Crippen LogP contribution in [0, 0.1) is 6.92 Å². The fraction of sp³-hybridized carbons (Fsp3) is 0.562. The van der Waals surface area contributed by atoms with E-state index >= 15 is 0 Å². The number of aromatic nitrogens is 1. The standard InChI is InChI=1S/C16H21N3OS2/c1-11-3-4-13(20-2)14-15(11)22-16(17-14)19-9-12(10-19)18-5-7-21-8-6-18/h3-4,12H,5-10H2,1-2H3. The Kier molecular flexibility index (Phi) is 3.92. The molecule has 2 aliphatic heterocycles. The topological polar surface area (TPSA) is 28.6 Å². The molecule has 2 saturated heterocycles. The van der Waals surface area contributed by atoms with Crippen LogP contribution in [0.15, 0.2) is 12.1 Å². The maximum absolute atomic E-state index is 5.46. The molecule has 0 saturated carbocycles. The third-order valence-electron chi connectivity index (χ3n) is 4.61. The lowest BCUT2D eigenvalue weighted by Gasteiger charge is -2.46. The Morgan fingerprint density at radius 1 is 1.23 bits per heavy atom. The van der Waals surface area contributed by atoms with Crippen molar-refractivity contribution in [3.05, 3.63) is 17.7 Å². The van der Waals surface area contributed by atoms with Gasteiger partial charge in [0.1, 0.15) is 11.3 Å². The Bertz CT molecular complexity index is 675. The Hall–Kier alpha value is -0.980. The van der Waals surface area contributed by atoms with Gasteiger partial charge in [-0.1, -0.05) is 17.4 Å². The van der Waals surface area contributed by atoms with Crippen LogP contribution in [0.1, 0.15) is 5.56 Å². The molecule has 2 aliphatic rings. The number of nitrogens with zero attached hydrogens (tertiary/aromatic N) is 3. The molecule has 1 aromatic heterocycles. The van der Waals surface area contributed by atoms with Crippen LogP contribution >= 0.6 is 23.1 Å². The second-order valence-electron chi connectivity index (χ2n) is 5.97. The Balaban J connectivity index is 1.52. The highest BCUT2D eigenvalue weighted by atomic mass is 32.2. The van der Waals surface area contributed by atoms with Crippen LogP contribution in [0.4, 0.5) is 5.13 Å². The predicted molar refractivity (Wildman–Crippen MR) is 95.8 cm³/mol. The minimum atomic E-state index is 0.718. The van der Waals surface area contributed by atoms with Gasteiger partial charge in [0.05, 0.1) is 11.8 Å². The molecule has 118 valence electrons. The Morgan fingerprint density at radius 2 is 2.00 bits per heavy atom. The summed E-state index contributed by atoms with van der Waals surface area (Å²) in [6.07, 6.45) is 0. The van der Waals surface area contributed by atoms with E-state index in [-0.39, 0.29) is 0 Å². The van der Waals surface area contributed by atoms with Crippen LogP contribution in [-0.2, 0) is 0 Å². The van der Waals surface area contributed by atoms with Gasteiger partial charge in [0.2, 0.25) is 0 Å². The number of ether oxygens (including phenoxy) is 1. The summed E-state index contributed by atoms with van der Waals surface area (Å²) in [5.74, 6) is 3.45. The van der Waals surface area contributed by atoms with Gasteiger partial charge in [0.25, 0.3) is 0 Å². The molecule has 0 unspecified atom stereocenters. The average Bonchev–Trinajstić information content (AvgIpc) is 2.93. The van der Waals surface area contributed by atoms with Crippen molar-refractivity contribution < 1.29 is 4.74 Å². The van der Waals surface area contributed by atoms with Gasteiger partial charge >= 0.3 is 0 Å². The van der Waals surface area contributed by atoms with Crippen LogP contribution in [0.5, 0.6) is 5.75 Å². The molecule has 2 aromatic rings. The molecule has 4 nitrogen and oxygen atoms in total. The van der Waals surface area contributed by atoms with Crippen LogP contribution in [-0.4, -0.2) is 60.7 Å². The summed E-state index contributed by atoms with van der Waals surface area (Å²) in [6.45, 7) is 6.87. The summed E-state index contributed by atoms with van der Waals surface area (Å²) in [4.78, 5) is 9.90. The van der Waals surface area contributed by atoms with Gasteiger partial charge in [0, 0.05) is 43.7 Å². The number of aryl methyl sites for hydroxylation is 1. The number of thioether (sulfide) groups is 1. The third-order valence-corrected chi connectivity index (χ3v) is 6.80. The molecule has 2 fully saturated rings. The average molecular weight is 335 g/mol. The van der Waals surface area contributed by atoms with E-state index in [1.54, 1.807) is 18.4 Å². The smallest absolute Gasteiger partial charge is 0.186 e. The summed E-state index contributed by atoms with van der Waals surface area (Å²) in [5, 5.41) is 1.14. The van der Waals surface area contributed by atoms with Gasteiger partial charge in [-0.05, 0) is 18.6 Å². The fourth-order valence-corrected chi connectivity index (χ4v) is 5.18. The predicted octanol–water partition coefficient (Wildman–Crippen LogP) is 2.85. The molecule has 0 spiro atoms. The summed E-state index contributed by atoms with van der Waals surface area (Å²) < 4.78 is 6.72. The molecule has 0 amide bonds. The van der Waals surface area contributed by atoms with Crippen molar-refractivity contribution in [3.63, 3.8) is 0 Å². The molecule has 3 heterocycles. The van der Waals surface area contributed by atoms with Crippen molar-refractivity contribution in [2.45, 2.75) is 13.0 Å². The first-order chi connectivity index (χ1) is 10.8. The molecule has 0 aliphatic carbocycles. The molecule has 1 aromatic carbocycles. The molecule has 0 atom stereocenters. The number of methoxy groups -OCH3 is 1. The lowest BCUT2D eigenvalue weighted by Crippen LogP contribution is -2.61. The molecule has 6 heteroatoms. The zero-order chi connectivity index (χ0) is 15.1. The van der Waals surface area contributed by atoms with Crippen LogP contribution in [0.2, 0.25) is 0 Å². The van der Waals surface area contributed by atoms with E-state index < -0.39 is 0 Å². The summed E-state index contributed by atoms with van der Waals surface area (Å²) in [5.41, 5.74) is 2.30. The van der Waals surface area contributed by atoms with E-state index in [0.717, 1.165) is 35.5 Å². The largest absolute Gasteiger partial charge is 0.494 e. The molecule has 4 rings (SSSR count). The normalized spacial score (nSPS) is 20.4. The molecule has 0 radical (unpaired) electrons. The monoisotopic (exact) mass is 335 g/mol. The fourth-order valence-electron chi connectivity index (χ4n) is 3.18. The van der Waals surface area contributed by atoms with E-state index in [1.807, 2.05) is 6.07 Å². The van der Waals surface area contributed by atoms with Crippen molar-refractivity contribution in [1.82, 2.24) is 9.88 Å². The molecular formula is C16H21N3OS2. The van der Waals surface area contributed by atoms with E-state index in [9.17, 15) is 0 Å². The highest BCUT2D eigenvalue weighted by Gasteiger charge is 2.34. The number of fused-ring (bicyclic) bond motifs is 1. The van der Waals surface area contributed by atoms with Crippen molar-refractivity contribution in [1.29, 1.82) is 0 Å². The van der Waals surface area contributed by atoms with Crippen molar-refractivity contribution in [3.8, 4) is 5.75 Å². The zero-order valence-corrected chi connectivity index (χ0v) is 14.7. The van der Waals surface area contributed by atoms with Gasteiger partial charge in [-0.2, -0.15) is 11.8 Å². The van der Waals surface area contributed by atoms with Crippen molar-refractivity contribution >= 4 is 38.4 Å². The van der Waals surface area contributed by atoms with Gasteiger partial charge in [-0.15, -0.1) is 0 Å². The second kappa shape index (κ2) is 5.91.